The van der Waals surface area contributed by atoms with Crippen LogP contribution in [0.25, 0.3) is 0 Å². The van der Waals surface area contributed by atoms with Gasteiger partial charge in [0.1, 0.15) is 5.60 Å². The van der Waals surface area contributed by atoms with E-state index in [1.807, 2.05) is 34.6 Å². The SMILES string of the molecule is CC(C)C(CC1(O)CC1)NC(=O)OC(C)(C)C. The van der Waals surface area contributed by atoms with Gasteiger partial charge in [0.15, 0.2) is 0 Å². The van der Waals surface area contributed by atoms with Gasteiger partial charge in [-0.05, 0) is 46.0 Å². The molecule has 1 fully saturated rings. The highest BCUT2D eigenvalue weighted by Gasteiger charge is 2.43. The lowest BCUT2D eigenvalue weighted by molar-refractivity contribution is 0.0451. The third kappa shape index (κ3) is 5.39. The third-order valence-electron chi connectivity index (χ3n) is 2.93. The monoisotopic (exact) mass is 243 g/mol. The molecule has 0 saturated heterocycles. The van der Waals surface area contributed by atoms with Crippen molar-refractivity contribution in [1.82, 2.24) is 5.32 Å². The van der Waals surface area contributed by atoms with Gasteiger partial charge in [0.2, 0.25) is 0 Å². The molecule has 2 N–H and O–H groups in total. The Kier molecular flexibility index (Phi) is 4.07. The number of amides is 1. The number of hydrogen-bond donors (Lipinski definition) is 2. The van der Waals surface area contributed by atoms with Crippen molar-refractivity contribution < 1.29 is 14.6 Å². The van der Waals surface area contributed by atoms with Crippen LogP contribution in [0.5, 0.6) is 0 Å². The van der Waals surface area contributed by atoms with Crippen LogP contribution in [0.4, 0.5) is 4.79 Å². The highest BCUT2D eigenvalue weighted by molar-refractivity contribution is 5.68. The van der Waals surface area contributed by atoms with E-state index in [4.69, 9.17) is 4.74 Å². The zero-order valence-electron chi connectivity index (χ0n) is 11.5. The maximum absolute atomic E-state index is 11.7. The Morgan fingerprint density at radius 3 is 2.29 bits per heavy atom. The van der Waals surface area contributed by atoms with Crippen LogP contribution in [0.3, 0.4) is 0 Å². The first-order valence-corrected chi connectivity index (χ1v) is 6.33. The summed E-state index contributed by atoms with van der Waals surface area (Å²) in [5.41, 5.74) is -1.04. The minimum absolute atomic E-state index is 0.0302. The Labute approximate surface area is 104 Å². The predicted octanol–water partition coefficient (Wildman–Crippen LogP) is 2.45. The second-order valence-electron chi connectivity index (χ2n) is 6.43. The summed E-state index contributed by atoms with van der Waals surface area (Å²) in [7, 11) is 0. The molecule has 0 aliphatic heterocycles. The highest BCUT2D eigenvalue weighted by atomic mass is 16.6. The quantitative estimate of drug-likeness (QED) is 0.797. The average molecular weight is 243 g/mol. The fourth-order valence-electron chi connectivity index (χ4n) is 1.67. The fourth-order valence-corrected chi connectivity index (χ4v) is 1.67. The molecule has 4 heteroatoms. The summed E-state index contributed by atoms with van der Waals surface area (Å²) < 4.78 is 5.22. The van der Waals surface area contributed by atoms with Gasteiger partial charge in [-0.2, -0.15) is 0 Å². The van der Waals surface area contributed by atoms with Gasteiger partial charge < -0.3 is 15.2 Å². The number of carbonyl (C=O) groups is 1. The number of aliphatic hydroxyl groups is 1. The van der Waals surface area contributed by atoms with Gasteiger partial charge in [-0.25, -0.2) is 4.79 Å². The lowest BCUT2D eigenvalue weighted by Crippen LogP contribution is -2.43. The van der Waals surface area contributed by atoms with Crippen molar-refractivity contribution >= 4 is 6.09 Å². The normalized spacial score (nSPS) is 19.9. The third-order valence-corrected chi connectivity index (χ3v) is 2.93. The lowest BCUT2D eigenvalue weighted by atomic mass is 9.97. The molecule has 17 heavy (non-hydrogen) atoms. The van der Waals surface area contributed by atoms with Crippen molar-refractivity contribution in [2.75, 3.05) is 0 Å². The van der Waals surface area contributed by atoms with E-state index < -0.39 is 17.3 Å². The number of carbonyl (C=O) groups excluding carboxylic acids is 1. The van der Waals surface area contributed by atoms with Gasteiger partial charge in [0.05, 0.1) is 5.60 Å². The van der Waals surface area contributed by atoms with Gasteiger partial charge >= 0.3 is 6.09 Å². The molecule has 0 bridgehead atoms. The molecule has 1 unspecified atom stereocenters. The Morgan fingerprint density at radius 1 is 1.41 bits per heavy atom. The summed E-state index contributed by atoms with van der Waals surface area (Å²) in [6.07, 6.45) is 1.89. The van der Waals surface area contributed by atoms with E-state index in [9.17, 15) is 9.90 Å². The molecular formula is C13H25NO3. The molecule has 0 spiro atoms. The molecule has 100 valence electrons. The van der Waals surface area contributed by atoms with E-state index >= 15 is 0 Å². The Hall–Kier alpha value is -0.770. The number of hydrogen-bond acceptors (Lipinski definition) is 3. The number of alkyl carbamates (subject to hydrolysis) is 1. The molecule has 0 aromatic heterocycles. The van der Waals surface area contributed by atoms with Crippen molar-refractivity contribution in [3.8, 4) is 0 Å². The van der Waals surface area contributed by atoms with Crippen LogP contribution >= 0.6 is 0 Å². The molecule has 1 rings (SSSR count). The van der Waals surface area contributed by atoms with E-state index in [-0.39, 0.29) is 12.0 Å². The summed E-state index contributed by atoms with van der Waals surface area (Å²) in [6, 6.07) is -0.0302. The predicted molar refractivity (Wildman–Crippen MR) is 66.8 cm³/mol. The summed E-state index contributed by atoms with van der Waals surface area (Å²) in [5, 5.41) is 12.7. The first-order chi connectivity index (χ1) is 7.61. The molecule has 1 atom stereocenters. The molecule has 1 amide bonds. The van der Waals surface area contributed by atoms with Crippen molar-refractivity contribution in [3.05, 3.63) is 0 Å². The van der Waals surface area contributed by atoms with Crippen molar-refractivity contribution in [3.63, 3.8) is 0 Å². The van der Waals surface area contributed by atoms with Crippen LogP contribution in [-0.4, -0.2) is 28.4 Å². The van der Waals surface area contributed by atoms with Gasteiger partial charge in [0, 0.05) is 6.04 Å². The smallest absolute Gasteiger partial charge is 0.407 e. The van der Waals surface area contributed by atoms with Crippen LogP contribution < -0.4 is 5.32 Å². The molecule has 0 aromatic rings. The molecule has 1 aliphatic rings. The highest BCUT2D eigenvalue weighted by Crippen LogP contribution is 2.40. The van der Waals surface area contributed by atoms with Gasteiger partial charge in [-0.15, -0.1) is 0 Å². The Balaban J connectivity index is 2.46. The van der Waals surface area contributed by atoms with Crippen LogP contribution in [0.1, 0.15) is 53.9 Å². The minimum Gasteiger partial charge on any atom is -0.444 e. The summed E-state index contributed by atoms with van der Waals surface area (Å²) in [5.74, 6) is 0.284. The second-order valence-corrected chi connectivity index (χ2v) is 6.43. The first kappa shape index (κ1) is 14.3. The second kappa shape index (κ2) is 4.84. The fraction of sp³-hybridized carbons (Fsp3) is 0.923. The van der Waals surface area contributed by atoms with Crippen molar-refractivity contribution in [1.29, 1.82) is 0 Å². The average Bonchev–Trinajstić information content (AvgIpc) is 2.78. The first-order valence-electron chi connectivity index (χ1n) is 6.33. The van der Waals surface area contributed by atoms with E-state index in [0.29, 0.717) is 6.42 Å². The zero-order valence-corrected chi connectivity index (χ0v) is 11.5. The Morgan fingerprint density at radius 2 is 1.94 bits per heavy atom. The van der Waals surface area contributed by atoms with Crippen LogP contribution in [-0.2, 0) is 4.74 Å². The zero-order chi connectivity index (χ0) is 13.3. The molecule has 0 aromatic carbocycles. The van der Waals surface area contributed by atoms with Gasteiger partial charge in [-0.1, -0.05) is 13.8 Å². The van der Waals surface area contributed by atoms with Crippen LogP contribution in [0, 0.1) is 5.92 Å². The topological polar surface area (TPSA) is 58.6 Å². The maximum atomic E-state index is 11.7. The van der Waals surface area contributed by atoms with Crippen LogP contribution in [0.15, 0.2) is 0 Å². The number of rotatable bonds is 4. The molecule has 1 saturated carbocycles. The van der Waals surface area contributed by atoms with Crippen molar-refractivity contribution in [2.24, 2.45) is 5.92 Å². The molecule has 4 nitrogen and oxygen atoms in total. The van der Waals surface area contributed by atoms with Gasteiger partial charge in [-0.3, -0.25) is 0 Å². The number of ether oxygens (including phenoxy) is 1. The standard InChI is InChI=1S/C13H25NO3/c1-9(2)10(8-13(16)6-7-13)14-11(15)17-12(3,4)5/h9-10,16H,6-8H2,1-5H3,(H,14,15). The van der Waals surface area contributed by atoms with E-state index in [1.165, 1.54) is 0 Å². The van der Waals surface area contributed by atoms with E-state index in [0.717, 1.165) is 12.8 Å². The van der Waals surface area contributed by atoms with Crippen LogP contribution in [0.2, 0.25) is 0 Å². The molecule has 1 aliphatic carbocycles. The van der Waals surface area contributed by atoms with Gasteiger partial charge in [0.25, 0.3) is 0 Å². The summed E-state index contributed by atoms with van der Waals surface area (Å²) >= 11 is 0. The minimum atomic E-state index is -0.552. The molecule has 0 heterocycles. The summed E-state index contributed by atoms with van der Waals surface area (Å²) in [4.78, 5) is 11.7. The number of nitrogens with one attached hydrogen (secondary N) is 1. The Bertz CT molecular complexity index is 277. The molecular weight excluding hydrogens is 218 g/mol. The summed E-state index contributed by atoms with van der Waals surface area (Å²) in [6.45, 7) is 9.59. The maximum Gasteiger partial charge on any atom is 0.407 e. The van der Waals surface area contributed by atoms with E-state index in [2.05, 4.69) is 5.32 Å². The van der Waals surface area contributed by atoms with E-state index in [1.54, 1.807) is 0 Å². The largest absolute Gasteiger partial charge is 0.444 e. The lowest BCUT2D eigenvalue weighted by Gasteiger charge is -2.27. The van der Waals surface area contributed by atoms with Crippen molar-refractivity contribution in [2.45, 2.75) is 71.1 Å². The molecule has 0 radical (unpaired) electrons.